The maximum Gasteiger partial charge on any atom is 0.420 e. The lowest BCUT2D eigenvalue weighted by molar-refractivity contribution is 0.116. The van der Waals surface area contributed by atoms with E-state index in [1.807, 2.05) is 6.07 Å². The Morgan fingerprint density at radius 3 is 2.48 bits per heavy atom. The Kier molecular flexibility index (Phi) is 6.73. The molecule has 10 nitrogen and oxygen atoms in total. The van der Waals surface area contributed by atoms with Gasteiger partial charge in [-0.1, -0.05) is 6.42 Å². The zero-order chi connectivity index (χ0) is 28.8. The first-order valence-electron chi connectivity index (χ1n) is 13.8. The third kappa shape index (κ3) is 4.93. The van der Waals surface area contributed by atoms with Crippen LogP contribution in [-0.2, 0) is 6.54 Å². The summed E-state index contributed by atoms with van der Waals surface area (Å²) in [6, 6.07) is 10.3. The van der Waals surface area contributed by atoms with Crippen LogP contribution in [0.15, 0.2) is 62.4 Å². The summed E-state index contributed by atoms with van der Waals surface area (Å²) in [5, 5.41) is 6.91. The molecule has 1 aromatic carbocycles. The molecule has 0 N–H and O–H groups in total. The van der Waals surface area contributed by atoms with E-state index in [0.717, 1.165) is 32.0 Å². The lowest BCUT2D eigenvalue weighted by Crippen LogP contribution is -2.52. The maximum absolute atomic E-state index is 15.5. The van der Waals surface area contributed by atoms with Crippen molar-refractivity contribution in [2.45, 2.75) is 38.3 Å². The van der Waals surface area contributed by atoms with Gasteiger partial charge >= 0.3 is 12.2 Å². The molecular weight excluding hydrogens is 551 g/mol. The van der Waals surface area contributed by atoms with Crippen LogP contribution < -0.4 is 10.7 Å². The smallest absolute Gasteiger partial charge is 0.415 e. The predicted octanol–water partition coefficient (Wildman–Crippen LogP) is 4.90. The van der Waals surface area contributed by atoms with Gasteiger partial charge in [0.2, 0.25) is 5.89 Å². The van der Waals surface area contributed by atoms with E-state index in [1.54, 1.807) is 24.4 Å². The van der Waals surface area contributed by atoms with Gasteiger partial charge in [-0.25, -0.2) is 14.2 Å². The maximum atomic E-state index is 15.5. The molecule has 0 radical (unpaired) electrons. The molecule has 5 heterocycles. The number of piperazine rings is 1. The van der Waals surface area contributed by atoms with Gasteiger partial charge < -0.3 is 13.7 Å². The quantitative estimate of drug-likeness (QED) is 0.267. The fourth-order valence-corrected chi connectivity index (χ4v) is 5.53. The lowest BCUT2D eigenvalue weighted by atomic mass is 9.91. The van der Waals surface area contributed by atoms with Crippen molar-refractivity contribution in [3.05, 3.63) is 76.7 Å². The van der Waals surface area contributed by atoms with Gasteiger partial charge in [-0.3, -0.25) is 14.5 Å². The first-order chi connectivity index (χ1) is 20.4. The third-order valence-corrected chi connectivity index (χ3v) is 8.06. The van der Waals surface area contributed by atoms with Crippen LogP contribution in [0, 0.1) is 5.82 Å². The van der Waals surface area contributed by atoms with Crippen molar-refractivity contribution in [2.75, 3.05) is 31.1 Å². The van der Waals surface area contributed by atoms with Gasteiger partial charge in [0.25, 0.3) is 5.89 Å². The number of benzene rings is 1. The molecule has 2 aliphatic rings. The van der Waals surface area contributed by atoms with Crippen molar-refractivity contribution in [1.29, 1.82) is 0 Å². The van der Waals surface area contributed by atoms with Crippen LogP contribution in [0.1, 0.15) is 37.3 Å². The fourth-order valence-electron chi connectivity index (χ4n) is 5.53. The number of anilines is 1. The summed E-state index contributed by atoms with van der Waals surface area (Å²) in [6.45, 7) is 3.72. The third-order valence-electron chi connectivity index (χ3n) is 8.06. The van der Waals surface area contributed by atoms with Crippen LogP contribution in [-0.4, -0.2) is 61.9 Å². The monoisotopic (exact) mass is 577 g/mol. The molecule has 1 saturated heterocycles. The number of fused-ring (bicyclic) bond motifs is 1. The number of pyridine rings is 2. The van der Waals surface area contributed by atoms with Gasteiger partial charge in [0.1, 0.15) is 11.6 Å². The molecule has 2 fully saturated rings. The number of alkyl halides is 2. The van der Waals surface area contributed by atoms with Crippen LogP contribution in [0.5, 0.6) is 0 Å². The minimum Gasteiger partial charge on any atom is -0.415 e. The minimum absolute atomic E-state index is 0.00323. The number of oxazole rings is 1. The second kappa shape index (κ2) is 10.7. The average molecular weight is 578 g/mol. The molecule has 4 aromatic heterocycles. The molecule has 216 valence electrons. The van der Waals surface area contributed by atoms with Crippen molar-refractivity contribution in [3.63, 3.8) is 0 Å². The van der Waals surface area contributed by atoms with E-state index >= 15 is 4.39 Å². The second-order valence-electron chi connectivity index (χ2n) is 10.5. The van der Waals surface area contributed by atoms with Crippen LogP contribution >= 0.6 is 0 Å². The SMILES string of the molecule is O=c1oc2cc(-c3ccnc(N4CCN(C5CCC5)CC4)c3)c(F)cc2n1Cc1ccc(-c2nnc(C(F)F)o2)cn1. The molecule has 0 amide bonds. The average Bonchev–Trinajstić information content (AvgIpc) is 3.58. The normalized spacial score (nSPS) is 16.4. The Labute approximate surface area is 237 Å². The Morgan fingerprint density at radius 1 is 0.952 bits per heavy atom. The molecule has 0 atom stereocenters. The summed E-state index contributed by atoms with van der Waals surface area (Å²) in [5.74, 6) is -1.25. The van der Waals surface area contributed by atoms with E-state index in [1.165, 1.54) is 42.2 Å². The Hall–Kier alpha value is -4.52. The summed E-state index contributed by atoms with van der Waals surface area (Å²) >= 11 is 0. The standard InChI is InChI=1S/C29H26F3N7O3/c30-22-14-23-24(13-21(22)17-6-7-33-25(12-17)38-10-8-37(9-11-38)20-2-1-3-20)41-29(40)39(23)16-19-5-4-18(15-34-19)27-35-36-28(42-27)26(31)32/h4-7,12-15,20,26H,1-3,8-11,16H2. The van der Waals surface area contributed by atoms with Gasteiger partial charge in [0.05, 0.1) is 23.3 Å². The van der Waals surface area contributed by atoms with Crippen LogP contribution in [0.25, 0.3) is 33.7 Å². The van der Waals surface area contributed by atoms with E-state index in [4.69, 9.17) is 8.83 Å². The highest BCUT2D eigenvalue weighted by Crippen LogP contribution is 2.31. The minimum atomic E-state index is -2.88. The van der Waals surface area contributed by atoms with E-state index in [2.05, 4.69) is 30.0 Å². The van der Waals surface area contributed by atoms with Crippen LogP contribution in [0.3, 0.4) is 0 Å². The number of halogens is 3. The van der Waals surface area contributed by atoms with E-state index < -0.39 is 23.9 Å². The largest absolute Gasteiger partial charge is 0.420 e. The number of aromatic nitrogens is 5. The molecule has 0 unspecified atom stereocenters. The molecular formula is C29H26F3N7O3. The van der Waals surface area contributed by atoms with Gasteiger partial charge in [0, 0.05) is 56.2 Å². The summed E-state index contributed by atoms with van der Waals surface area (Å²) in [7, 11) is 0. The Balaban J connectivity index is 1.11. The summed E-state index contributed by atoms with van der Waals surface area (Å²) in [6.07, 6.45) is 4.05. The van der Waals surface area contributed by atoms with Crippen LogP contribution in [0.2, 0.25) is 0 Å². The van der Waals surface area contributed by atoms with Crippen molar-refractivity contribution < 1.29 is 22.0 Å². The number of hydrogen-bond acceptors (Lipinski definition) is 9. The second-order valence-corrected chi connectivity index (χ2v) is 10.5. The highest BCUT2D eigenvalue weighted by atomic mass is 19.3. The molecule has 0 spiro atoms. The first-order valence-corrected chi connectivity index (χ1v) is 13.8. The van der Waals surface area contributed by atoms with Crippen molar-refractivity contribution >= 4 is 16.9 Å². The predicted molar refractivity (Wildman–Crippen MR) is 147 cm³/mol. The van der Waals surface area contributed by atoms with Crippen molar-refractivity contribution in [1.82, 2.24) is 29.6 Å². The van der Waals surface area contributed by atoms with Gasteiger partial charge in [0.15, 0.2) is 5.58 Å². The molecule has 13 heteroatoms. The summed E-state index contributed by atoms with van der Waals surface area (Å²) in [5.41, 5.74) is 2.28. The van der Waals surface area contributed by atoms with Gasteiger partial charge in [-0.15, -0.1) is 10.2 Å². The highest BCUT2D eigenvalue weighted by molar-refractivity contribution is 5.81. The molecule has 7 rings (SSSR count). The Bertz CT molecular complexity index is 1790. The van der Waals surface area contributed by atoms with Gasteiger partial charge in [-0.05, 0) is 48.7 Å². The molecule has 1 aliphatic carbocycles. The van der Waals surface area contributed by atoms with Crippen molar-refractivity contribution in [3.8, 4) is 22.6 Å². The Morgan fingerprint density at radius 2 is 1.79 bits per heavy atom. The summed E-state index contributed by atoms with van der Waals surface area (Å²) < 4.78 is 52.7. The molecule has 1 saturated carbocycles. The number of nitrogens with zero attached hydrogens (tertiary/aromatic N) is 7. The van der Waals surface area contributed by atoms with E-state index in [9.17, 15) is 13.6 Å². The van der Waals surface area contributed by atoms with E-state index in [0.29, 0.717) is 28.4 Å². The molecule has 5 aromatic rings. The number of rotatable bonds is 7. The topological polar surface area (TPSA) is 106 Å². The van der Waals surface area contributed by atoms with E-state index in [-0.39, 0.29) is 23.5 Å². The molecule has 1 aliphatic heterocycles. The van der Waals surface area contributed by atoms with Crippen LogP contribution in [0.4, 0.5) is 19.0 Å². The highest BCUT2D eigenvalue weighted by Gasteiger charge is 2.28. The number of hydrogen-bond donors (Lipinski definition) is 0. The zero-order valence-electron chi connectivity index (χ0n) is 22.4. The van der Waals surface area contributed by atoms with Crippen molar-refractivity contribution in [2.24, 2.45) is 0 Å². The molecule has 42 heavy (non-hydrogen) atoms. The lowest BCUT2D eigenvalue weighted by Gasteiger charge is -2.43. The first kappa shape index (κ1) is 26.4. The van der Waals surface area contributed by atoms with Gasteiger partial charge in [-0.2, -0.15) is 8.78 Å². The summed E-state index contributed by atoms with van der Waals surface area (Å²) in [4.78, 5) is 26.3. The zero-order valence-corrected chi connectivity index (χ0v) is 22.4. The fraction of sp³-hybridized carbons (Fsp3) is 0.345. The molecule has 0 bridgehead atoms.